The van der Waals surface area contributed by atoms with Crippen molar-refractivity contribution in [3.05, 3.63) is 34.9 Å². The summed E-state index contributed by atoms with van der Waals surface area (Å²) in [6.45, 7) is 7.69. The second-order valence-electron chi connectivity index (χ2n) is 8.19. The minimum atomic E-state index is -0.480. The molecule has 1 aliphatic heterocycles. The first kappa shape index (κ1) is 21.5. The number of aryl methyl sites for hydroxylation is 1. The van der Waals surface area contributed by atoms with Gasteiger partial charge >= 0.3 is 6.09 Å². The zero-order valence-corrected chi connectivity index (χ0v) is 17.3. The predicted molar refractivity (Wildman–Crippen MR) is 108 cm³/mol. The van der Waals surface area contributed by atoms with Crippen LogP contribution in [0.2, 0.25) is 5.02 Å². The van der Waals surface area contributed by atoms with Crippen LogP contribution in [0.3, 0.4) is 0 Å². The fraction of sp³-hybridized carbons (Fsp3) is 0.619. The molecule has 0 atom stereocenters. The highest BCUT2D eigenvalue weighted by Crippen LogP contribution is 2.18. The number of nitrogens with one attached hydrogen (secondary N) is 1. The van der Waals surface area contributed by atoms with E-state index in [2.05, 4.69) is 5.32 Å². The fourth-order valence-corrected chi connectivity index (χ4v) is 3.31. The summed E-state index contributed by atoms with van der Waals surface area (Å²) >= 11 is 5.89. The molecule has 27 heavy (non-hydrogen) atoms. The van der Waals surface area contributed by atoms with Gasteiger partial charge in [0.15, 0.2) is 0 Å². The van der Waals surface area contributed by atoms with Gasteiger partial charge in [0.05, 0.1) is 0 Å². The Morgan fingerprint density at radius 3 is 2.41 bits per heavy atom. The maximum Gasteiger partial charge on any atom is 0.407 e. The topological polar surface area (TPSA) is 58.6 Å². The van der Waals surface area contributed by atoms with E-state index in [1.165, 1.54) is 5.56 Å². The van der Waals surface area contributed by atoms with Gasteiger partial charge in [-0.05, 0) is 70.1 Å². The molecule has 1 aromatic carbocycles. The van der Waals surface area contributed by atoms with E-state index in [4.69, 9.17) is 16.3 Å². The molecule has 1 N–H and O–H groups in total. The lowest BCUT2D eigenvalue weighted by atomic mass is 9.96. The molecule has 0 radical (unpaired) electrons. The van der Waals surface area contributed by atoms with E-state index in [1.54, 1.807) is 0 Å². The smallest absolute Gasteiger partial charge is 0.407 e. The van der Waals surface area contributed by atoms with E-state index in [1.807, 2.05) is 49.9 Å². The quantitative estimate of drug-likeness (QED) is 0.776. The van der Waals surface area contributed by atoms with Crippen LogP contribution in [0, 0.1) is 5.92 Å². The SMILES string of the molecule is CC(C)(C)OC(=O)NCC1CCN(C(=O)CCCc2ccc(Cl)cc2)CC1. The number of hydrogen-bond donors (Lipinski definition) is 1. The van der Waals surface area contributed by atoms with E-state index in [0.717, 1.165) is 43.8 Å². The number of carbonyl (C=O) groups excluding carboxylic acids is 2. The highest BCUT2D eigenvalue weighted by molar-refractivity contribution is 6.30. The number of piperidine rings is 1. The first-order valence-electron chi connectivity index (χ1n) is 9.72. The van der Waals surface area contributed by atoms with Gasteiger partial charge in [0.1, 0.15) is 5.60 Å². The summed E-state index contributed by atoms with van der Waals surface area (Å²) in [5.41, 5.74) is 0.727. The Hall–Kier alpha value is -1.75. The largest absolute Gasteiger partial charge is 0.444 e. The van der Waals surface area contributed by atoms with E-state index in [9.17, 15) is 9.59 Å². The molecule has 1 heterocycles. The molecule has 2 rings (SSSR count). The molecule has 1 aliphatic rings. The van der Waals surface area contributed by atoms with Crippen LogP contribution in [0.5, 0.6) is 0 Å². The molecular weight excluding hydrogens is 364 g/mol. The van der Waals surface area contributed by atoms with Crippen LogP contribution < -0.4 is 5.32 Å². The van der Waals surface area contributed by atoms with Crippen molar-refractivity contribution in [2.24, 2.45) is 5.92 Å². The average molecular weight is 395 g/mol. The third kappa shape index (κ3) is 8.21. The third-order valence-electron chi connectivity index (χ3n) is 4.67. The van der Waals surface area contributed by atoms with Gasteiger partial charge in [-0.15, -0.1) is 0 Å². The minimum Gasteiger partial charge on any atom is -0.444 e. The predicted octanol–water partition coefficient (Wildman–Crippen LogP) is 4.43. The first-order valence-corrected chi connectivity index (χ1v) is 10.1. The highest BCUT2D eigenvalue weighted by Gasteiger charge is 2.23. The number of alkyl carbamates (subject to hydrolysis) is 1. The summed E-state index contributed by atoms with van der Waals surface area (Å²) in [6, 6.07) is 7.79. The van der Waals surface area contributed by atoms with Crippen molar-refractivity contribution in [3.63, 3.8) is 0 Å². The van der Waals surface area contributed by atoms with Crippen molar-refractivity contribution >= 4 is 23.6 Å². The lowest BCUT2D eigenvalue weighted by Crippen LogP contribution is -2.42. The number of halogens is 1. The van der Waals surface area contributed by atoms with Crippen molar-refractivity contribution in [1.29, 1.82) is 0 Å². The van der Waals surface area contributed by atoms with E-state index in [-0.39, 0.29) is 12.0 Å². The van der Waals surface area contributed by atoms with Crippen LogP contribution in [0.4, 0.5) is 4.79 Å². The Balaban J connectivity index is 1.62. The monoisotopic (exact) mass is 394 g/mol. The highest BCUT2D eigenvalue weighted by atomic mass is 35.5. The van der Waals surface area contributed by atoms with Gasteiger partial charge in [-0.2, -0.15) is 0 Å². The number of hydrogen-bond acceptors (Lipinski definition) is 3. The number of benzene rings is 1. The summed E-state index contributed by atoms with van der Waals surface area (Å²) in [6.07, 6.45) is 3.77. The van der Waals surface area contributed by atoms with Gasteiger partial charge in [-0.25, -0.2) is 4.79 Å². The first-order chi connectivity index (χ1) is 12.7. The summed E-state index contributed by atoms with van der Waals surface area (Å²) < 4.78 is 5.25. The van der Waals surface area contributed by atoms with Gasteiger partial charge in [-0.3, -0.25) is 4.79 Å². The molecule has 0 saturated carbocycles. The number of carbonyl (C=O) groups is 2. The zero-order valence-electron chi connectivity index (χ0n) is 16.6. The summed E-state index contributed by atoms with van der Waals surface area (Å²) in [7, 11) is 0. The molecule has 0 spiro atoms. The van der Waals surface area contributed by atoms with E-state index < -0.39 is 5.60 Å². The molecule has 0 aliphatic carbocycles. The Morgan fingerprint density at radius 2 is 1.81 bits per heavy atom. The zero-order chi connectivity index (χ0) is 19.9. The second-order valence-corrected chi connectivity index (χ2v) is 8.62. The van der Waals surface area contributed by atoms with E-state index >= 15 is 0 Å². The Morgan fingerprint density at radius 1 is 1.19 bits per heavy atom. The van der Waals surface area contributed by atoms with Gasteiger partial charge in [0, 0.05) is 31.1 Å². The standard InChI is InChI=1S/C21H31ClN2O3/c1-21(2,3)27-20(26)23-15-17-11-13-24(14-12-17)19(25)6-4-5-16-7-9-18(22)10-8-16/h7-10,17H,4-6,11-15H2,1-3H3,(H,23,26). The Bertz CT molecular complexity index is 617. The fourth-order valence-electron chi connectivity index (χ4n) is 3.18. The Kier molecular flexibility index (Phi) is 7.96. The van der Waals surface area contributed by atoms with Crippen molar-refractivity contribution < 1.29 is 14.3 Å². The van der Waals surface area contributed by atoms with Crippen molar-refractivity contribution in [3.8, 4) is 0 Å². The molecule has 1 fully saturated rings. The van der Waals surface area contributed by atoms with Crippen molar-refractivity contribution in [1.82, 2.24) is 10.2 Å². The summed E-state index contributed by atoms with van der Waals surface area (Å²) in [5, 5.41) is 3.57. The second kappa shape index (κ2) is 9.98. The van der Waals surface area contributed by atoms with Crippen LogP contribution in [-0.2, 0) is 16.0 Å². The molecule has 1 saturated heterocycles. The summed E-state index contributed by atoms with van der Waals surface area (Å²) in [5.74, 6) is 0.623. The lowest BCUT2D eigenvalue weighted by molar-refractivity contribution is -0.132. The Labute approximate surface area is 167 Å². The third-order valence-corrected chi connectivity index (χ3v) is 4.92. The van der Waals surface area contributed by atoms with Crippen LogP contribution in [-0.4, -0.2) is 42.1 Å². The van der Waals surface area contributed by atoms with Crippen LogP contribution >= 0.6 is 11.6 Å². The van der Waals surface area contributed by atoms with Crippen molar-refractivity contribution in [2.45, 2.75) is 58.5 Å². The van der Waals surface area contributed by atoms with Crippen LogP contribution in [0.25, 0.3) is 0 Å². The molecule has 0 aromatic heterocycles. The minimum absolute atomic E-state index is 0.225. The number of likely N-dealkylation sites (tertiary alicyclic amines) is 1. The van der Waals surface area contributed by atoms with E-state index in [0.29, 0.717) is 18.9 Å². The summed E-state index contributed by atoms with van der Waals surface area (Å²) in [4.78, 5) is 26.1. The average Bonchev–Trinajstić information content (AvgIpc) is 2.60. The molecule has 1 aromatic rings. The molecule has 0 bridgehead atoms. The van der Waals surface area contributed by atoms with Crippen LogP contribution in [0.15, 0.2) is 24.3 Å². The van der Waals surface area contributed by atoms with Crippen molar-refractivity contribution in [2.75, 3.05) is 19.6 Å². The molecule has 6 heteroatoms. The maximum absolute atomic E-state index is 12.4. The molecular formula is C21H31ClN2O3. The molecule has 2 amide bonds. The molecule has 0 unspecified atom stereocenters. The number of rotatable bonds is 6. The van der Waals surface area contributed by atoms with Gasteiger partial charge < -0.3 is 15.0 Å². The van der Waals surface area contributed by atoms with Gasteiger partial charge in [0.2, 0.25) is 5.91 Å². The number of ether oxygens (including phenoxy) is 1. The van der Waals surface area contributed by atoms with Gasteiger partial charge in [-0.1, -0.05) is 23.7 Å². The lowest BCUT2D eigenvalue weighted by Gasteiger charge is -2.32. The molecule has 150 valence electrons. The molecule has 5 nitrogen and oxygen atoms in total. The maximum atomic E-state index is 12.4. The number of amides is 2. The number of nitrogens with zero attached hydrogens (tertiary/aromatic N) is 1. The normalized spacial score (nSPS) is 15.5. The van der Waals surface area contributed by atoms with Gasteiger partial charge in [0.25, 0.3) is 0 Å². The van der Waals surface area contributed by atoms with Crippen LogP contribution in [0.1, 0.15) is 52.0 Å².